The van der Waals surface area contributed by atoms with Crippen molar-refractivity contribution < 1.29 is 15.1 Å². The third-order valence-corrected chi connectivity index (χ3v) is 4.72. The van der Waals surface area contributed by atoms with Gasteiger partial charge in [0.05, 0.1) is 6.10 Å². The van der Waals surface area contributed by atoms with E-state index in [9.17, 15) is 9.90 Å². The van der Waals surface area contributed by atoms with Crippen LogP contribution in [0.1, 0.15) is 44.8 Å². The zero-order chi connectivity index (χ0) is 18.4. The van der Waals surface area contributed by atoms with E-state index < -0.39 is 17.4 Å². The average molecular weight is 362 g/mol. The summed E-state index contributed by atoms with van der Waals surface area (Å²) in [6.45, 7) is 3.54. The number of aliphatic hydroxyl groups is 1. The molecular formula is C20H24ClNO3. The number of halogens is 1. The van der Waals surface area contributed by atoms with Gasteiger partial charge in [0, 0.05) is 10.4 Å². The Bertz CT molecular complexity index is 696. The highest BCUT2D eigenvalue weighted by Crippen LogP contribution is 2.28. The lowest BCUT2D eigenvalue weighted by Crippen LogP contribution is -2.34. The largest absolute Gasteiger partial charge is 0.388 e. The number of rotatable bonds is 7. The second kappa shape index (κ2) is 8.48. The van der Waals surface area contributed by atoms with Crippen LogP contribution in [0.3, 0.4) is 0 Å². The van der Waals surface area contributed by atoms with Crippen molar-refractivity contribution in [1.29, 1.82) is 0 Å². The summed E-state index contributed by atoms with van der Waals surface area (Å²) in [5.41, 5.74) is 4.01. The molecule has 2 rings (SSSR count). The van der Waals surface area contributed by atoms with Gasteiger partial charge in [0.25, 0.3) is 0 Å². The molecule has 0 saturated carbocycles. The lowest BCUT2D eigenvalue weighted by Gasteiger charge is -2.22. The van der Waals surface area contributed by atoms with Crippen LogP contribution in [0, 0.1) is 5.41 Å². The third kappa shape index (κ3) is 5.30. The normalized spacial score (nSPS) is 12.7. The Morgan fingerprint density at radius 1 is 1.08 bits per heavy atom. The van der Waals surface area contributed by atoms with Crippen LogP contribution in [-0.4, -0.2) is 16.2 Å². The molecule has 25 heavy (non-hydrogen) atoms. The SMILES string of the molecule is CC(C)(CCCC(O)c1ccc(-c2ccc(Cl)cc2)cc1)C(=O)NO. The number of hydrogen-bond donors (Lipinski definition) is 3. The Hall–Kier alpha value is -1.88. The molecule has 134 valence electrons. The Morgan fingerprint density at radius 2 is 1.60 bits per heavy atom. The van der Waals surface area contributed by atoms with E-state index in [1.165, 1.54) is 0 Å². The van der Waals surface area contributed by atoms with Gasteiger partial charge in [0.2, 0.25) is 5.91 Å². The number of amides is 1. The fraction of sp³-hybridized carbons (Fsp3) is 0.350. The van der Waals surface area contributed by atoms with Crippen molar-refractivity contribution in [1.82, 2.24) is 5.48 Å². The van der Waals surface area contributed by atoms with Crippen molar-refractivity contribution in [2.45, 2.75) is 39.2 Å². The number of aliphatic hydroxyl groups excluding tert-OH is 1. The molecule has 0 aliphatic rings. The van der Waals surface area contributed by atoms with Crippen molar-refractivity contribution in [2.24, 2.45) is 5.41 Å². The molecule has 1 unspecified atom stereocenters. The van der Waals surface area contributed by atoms with Gasteiger partial charge in [-0.25, -0.2) is 5.48 Å². The van der Waals surface area contributed by atoms with Crippen LogP contribution in [0.4, 0.5) is 0 Å². The first-order valence-electron chi connectivity index (χ1n) is 8.32. The van der Waals surface area contributed by atoms with Crippen molar-refractivity contribution >= 4 is 17.5 Å². The number of benzene rings is 2. The van der Waals surface area contributed by atoms with Crippen LogP contribution in [0.25, 0.3) is 11.1 Å². The summed E-state index contributed by atoms with van der Waals surface area (Å²) in [6, 6.07) is 15.4. The molecule has 0 bridgehead atoms. The fourth-order valence-electron chi connectivity index (χ4n) is 2.71. The third-order valence-electron chi connectivity index (χ3n) is 4.47. The van der Waals surface area contributed by atoms with E-state index in [0.29, 0.717) is 24.3 Å². The number of carbonyl (C=O) groups is 1. The van der Waals surface area contributed by atoms with E-state index in [4.69, 9.17) is 16.8 Å². The molecule has 4 nitrogen and oxygen atoms in total. The van der Waals surface area contributed by atoms with Crippen LogP contribution < -0.4 is 5.48 Å². The molecule has 0 radical (unpaired) electrons. The topological polar surface area (TPSA) is 69.6 Å². The lowest BCUT2D eigenvalue weighted by molar-refractivity contribution is -0.138. The minimum Gasteiger partial charge on any atom is -0.388 e. The summed E-state index contributed by atoms with van der Waals surface area (Å²) >= 11 is 5.90. The molecule has 3 N–H and O–H groups in total. The summed E-state index contributed by atoms with van der Waals surface area (Å²) in [5, 5.41) is 19.8. The highest BCUT2D eigenvalue weighted by molar-refractivity contribution is 6.30. The van der Waals surface area contributed by atoms with Crippen LogP contribution in [0.2, 0.25) is 5.02 Å². The van der Waals surface area contributed by atoms with E-state index in [-0.39, 0.29) is 0 Å². The summed E-state index contributed by atoms with van der Waals surface area (Å²) in [6.07, 6.45) is 1.25. The molecular weight excluding hydrogens is 338 g/mol. The minimum absolute atomic E-state index is 0.408. The van der Waals surface area contributed by atoms with Crippen molar-refractivity contribution in [3.63, 3.8) is 0 Å². The van der Waals surface area contributed by atoms with Crippen LogP contribution in [0.5, 0.6) is 0 Å². The Labute approximate surface area is 153 Å². The molecule has 1 atom stereocenters. The first kappa shape index (κ1) is 19.4. The Kier molecular flexibility index (Phi) is 6.59. The molecule has 2 aromatic carbocycles. The van der Waals surface area contributed by atoms with Gasteiger partial charge in [0.15, 0.2) is 0 Å². The van der Waals surface area contributed by atoms with Gasteiger partial charge in [-0.05, 0) is 48.1 Å². The summed E-state index contributed by atoms with van der Waals surface area (Å²) < 4.78 is 0. The van der Waals surface area contributed by atoms with Gasteiger partial charge >= 0.3 is 0 Å². The van der Waals surface area contributed by atoms with Crippen LogP contribution in [0.15, 0.2) is 48.5 Å². The fourth-order valence-corrected chi connectivity index (χ4v) is 2.83. The summed E-state index contributed by atoms with van der Waals surface area (Å²) in [7, 11) is 0. The number of hydrogen-bond acceptors (Lipinski definition) is 3. The van der Waals surface area contributed by atoms with E-state index >= 15 is 0 Å². The van der Waals surface area contributed by atoms with Crippen LogP contribution in [-0.2, 0) is 4.79 Å². The predicted molar refractivity (Wildman–Crippen MR) is 99.4 cm³/mol. The van der Waals surface area contributed by atoms with Crippen molar-refractivity contribution in [2.75, 3.05) is 0 Å². The van der Waals surface area contributed by atoms with Crippen molar-refractivity contribution in [3.8, 4) is 11.1 Å². The van der Waals surface area contributed by atoms with Gasteiger partial charge in [0.1, 0.15) is 0 Å². The molecule has 0 fully saturated rings. The predicted octanol–water partition coefficient (Wildman–Crippen LogP) is 4.74. The number of hydroxylamine groups is 1. The molecule has 0 aliphatic carbocycles. The van der Waals surface area contributed by atoms with Gasteiger partial charge in [-0.1, -0.05) is 61.8 Å². The Morgan fingerprint density at radius 3 is 2.12 bits per heavy atom. The first-order valence-corrected chi connectivity index (χ1v) is 8.70. The quantitative estimate of drug-likeness (QED) is 0.492. The highest BCUT2D eigenvalue weighted by Gasteiger charge is 2.27. The maximum Gasteiger partial charge on any atom is 0.248 e. The molecule has 0 spiro atoms. The monoisotopic (exact) mass is 361 g/mol. The second-order valence-corrected chi connectivity index (χ2v) is 7.30. The van der Waals surface area contributed by atoms with E-state index in [2.05, 4.69) is 0 Å². The molecule has 0 aromatic heterocycles. The molecule has 0 aliphatic heterocycles. The van der Waals surface area contributed by atoms with Crippen LogP contribution >= 0.6 is 11.6 Å². The standard InChI is InChI=1S/C20H24ClNO3/c1-20(2,19(24)22-25)13-3-4-18(23)16-7-5-14(6-8-16)15-9-11-17(21)12-10-15/h5-12,18,23,25H,3-4,13H2,1-2H3,(H,22,24). The van der Waals surface area contributed by atoms with Gasteiger partial charge in [-0.2, -0.15) is 0 Å². The van der Waals surface area contributed by atoms with E-state index in [0.717, 1.165) is 16.7 Å². The molecule has 1 amide bonds. The van der Waals surface area contributed by atoms with Gasteiger partial charge in [-0.15, -0.1) is 0 Å². The van der Waals surface area contributed by atoms with Crippen molar-refractivity contribution in [3.05, 3.63) is 59.1 Å². The molecule has 2 aromatic rings. The maximum atomic E-state index is 11.5. The molecule has 5 heteroatoms. The number of carbonyl (C=O) groups excluding carboxylic acids is 1. The van der Waals surface area contributed by atoms with E-state index in [1.54, 1.807) is 19.3 Å². The average Bonchev–Trinajstić information content (AvgIpc) is 2.61. The second-order valence-electron chi connectivity index (χ2n) is 6.86. The smallest absolute Gasteiger partial charge is 0.248 e. The zero-order valence-electron chi connectivity index (χ0n) is 14.5. The first-order chi connectivity index (χ1) is 11.8. The van der Waals surface area contributed by atoms with Gasteiger partial charge in [-0.3, -0.25) is 10.0 Å². The molecule has 0 saturated heterocycles. The maximum absolute atomic E-state index is 11.5. The lowest BCUT2D eigenvalue weighted by atomic mass is 9.85. The Balaban J connectivity index is 1.93. The highest BCUT2D eigenvalue weighted by atomic mass is 35.5. The summed E-state index contributed by atoms with van der Waals surface area (Å²) in [4.78, 5) is 11.5. The molecule has 0 heterocycles. The zero-order valence-corrected chi connectivity index (χ0v) is 15.3. The minimum atomic E-state index is -0.660. The van der Waals surface area contributed by atoms with Gasteiger partial charge < -0.3 is 5.11 Å². The number of nitrogens with one attached hydrogen (secondary N) is 1. The summed E-state index contributed by atoms with van der Waals surface area (Å²) in [5.74, 6) is -0.408. The van der Waals surface area contributed by atoms with E-state index in [1.807, 2.05) is 48.5 Å².